The van der Waals surface area contributed by atoms with Gasteiger partial charge in [0.2, 0.25) is 0 Å². The summed E-state index contributed by atoms with van der Waals surface area (Å²) in [5.74, 6) is 0.473. The van der Waals surface area contributed by atoms with Crippen LogP contribution in [0.4, 0.5) is 11.5 Å². The van der Waals surface area contributed by atoms with E-state index in [1.165, 1.54) is 19.4 Å². The summed E-state index contributed by atoms with van der Waals surface area (Å²) in [6.45, 7) is 4.10. The van der Waals surface area contributed by atoms with E-state index >= 15 is 0 Å². The van der Waals surface area contributed by atoms with Crippen LogP contribution >= 0.6 is 11.6 Å². The van der Waals surface area contributed by atoms with Crippen molar-refractivity contribution in [2.45, 2.75) is 32.7 Å². The number of methoxy groups -OCH3 is 1. The number of Topliss-reactive ketones (excluding diaryl/α,β-unsaturated/α-hetero) is 1. The zero-order valence-corrected chi connectivity index (χ0v) is 20.3. The van der Waals surface area contributed by atoms with Gasteiger partial charge in [-0.1, -0.05) is 31.5 Å². The second-order valence-corrected chi connectivity index (χ2v) is 10.0. The Hall–Kier alpha value is -3.78. The van der Waals surface area contributed by atoms with E-state index < -0.39 is 6.04 Å². The van der Waals surface area contributed by atoms with Crippen molar-refractivity contribution in [1.29, 1.82) is 0 Å². The van der Waals surface area contributed by atoms with Gasteiger partial charge >= 0.3 is 0 Å². The minimum Gasteiger partial charge on any atom is -0.504 e. The average Bonchev–Trinajstić information content (AvgIpc) is 3.22. The van der Waals surface area contributed by atoms with Gasteiger partial charge < -0.3 is 20.5 Å². The second kappa shape index (κ2) is 8.46. The van der Waals surface area contributed by atoms with E-state index in [0.717, 1.165) is 11.3 Å². The predicted octanol–water partition coefficient (Wildman–Crippen LogP) is 5.16. The maximum atomic E-state index is 13.4. The molecular formula is C26H25ClN4O4. The molecule has 5 rings (SSSR count). The van der Waals surface area contributed by atoms with Crippen LogP contribution in [-0.2, 0) is 4.79 Å². The molecule has 0 bridgehead atoms. The molecule has 1 aliphatic carbocycles. The SMILES string of the molecule is COc1cc(C2C3=C(CC(C)(C)CC3=O)Nc3c(C(=O)Nc4ccc(Cl)cc4)cnn32)ccc1O. The lowest BCUT2D eigenvalue weighted by Crippen LogP contribution is -2.37. The van der Waals surface area contributed by atoms with Crippen LogP contribution < -0.4 is 15.4 Å². The highest BCUT2D eigenvalue weighted by atomic mass is 35.5. The number of hydrogen-bond acceptors (Lipinski definition) is 6. The fourth-order valence-electron chi connectivity index (χ4n) is 4.78. The lowest BCUT2D eigenvalue weighted by Gasteiger charge is -2.39. The Labute approximate surface area is 207 Å². The topological polar surface area (TPSA) is 105 Å². The van der Waals surface area contributed by atoms with Crippen molar-refractivity contribution >= 4 is 34.8 Å². The first kappa shape index (κ1) is 23.0. The van der Waals surface area contributed by atoms with Crippen molar-refractivity contribution in [2.75, 3.05) is 17.7 Å². The Kier molecular flexibility index (Phi) is 5.56. The van der Waals surface area contributed by atoms with E-state index in [0.29, 0.717) is 46.3 Å². The van der Waals surface area contributed by atoms with Crippen molar-refractivity contribution in [1.82, 2.24) is 9.78 Å². The van der Waals surface area contributed by atoms with Crippen LogP contribution in [0.15, 0.2) is 59.9 Å². The second-order valence-electron chi connectivity index (χ2n) is 9.60. The normalized spacial score (nSPS) is 18.4. The van der Waals surface area contributed by atoms with Gasteiger partial charge in [-0.15, -0.1) is 0 Å². The number of carbonyl (C=O) groups excluding carboxylic acids is 2. The number of ketones is 1. The molecule has 1 atom stereocenters. The summed E-state index contributed by atoms with van der Waals surface area (Å²) in [4.78, 5) is 26.6. The molecule has 2 aromatic carbocycles. The molecular weight excluding hydrogens is 468 g/mol. The Balaban J connectivity index is 1.61. The molecule has 0 radical (unpaired) electrons. The summed E-state index contributed by atoms with van der Waals surface area (Å²) in [5, 5.41) is 21.4. The zero-order valence-electron chi connectivity index (χ0n) is 19.6. The maximum absolute atomic E-state index is 13.4. The molecule has 9 heteroatoms. The fourth-order valence-corrected chi connectivity index (χ4v) is 4.91. The van der Waals surface area contributed by atoms with Gasteiger partial charge in [0.05, 0.1) is 13.3 Å². The third-order valence-electron chi connectivity index (χ3n) is 6.37. The van der Waals surface area contributed by atoms with Gasteiger partial charge in [-0.2, -0.15) is 5.10 Å². The lowest BCUT2D eigenvalue weighted by molar-refractivity contribution is -0.118. The average molecular weight is 493 g/mol. The summed E-state index contributed by atoms with van der Waals surface area (Å²) in [5.41, 5.74) is 2.82. The van der Waals surface area contributed by atoms with E-state index in [1.54, 1.807) is 41.1 Å². The standard InChI is InChI=1S/C26H25ClN4O4/c1-26(2)11-18-22(20(33)12-26)23(14-4-9-19(32)21(10-14)35-3)31-24(30-18)17(13-28-31)25(34)29-16-7-5-15(27)6-8-16/h4-10,13,23,30,32H,11-12H2,1-3H3,(H,29,34). The molecule has 0 spiro atoms. The van der Waals surface area contributed by atoms with Gasteiger partial charge in [0, 0.05) is 28.4 Å². The first-order chi connectivity index (χ1) is 16.7. The number of carbonyl (C=O) groups is 2. The molecule has 0 fully saturated rings. The van der Waals surface area contributed by atoms with Crippen molar-refractivity contribution in [3.63, 3.8) is 0 Å². The maximum Gasteiger partial charge on any atom is 0.261 e. The number of allylic oxidation sites excluding steroid dienone is 2. The van der Waals surface area contributed by atoms with E-state index in [2.05, 4.69) is 29.6 Å². The van der Waals surface area contributed by atoms with Gasteiger partial charge in [0.25, 0.3) is 5.91 Å². The number of aromatic hydroxyl groups is 1. The number of aromatic nitrogens is 2. The van der Waals surface area contributed by atoms with Crippen molar-refractivity contribution < 1.29 is 19.4 Å². The first-order valence-electron chi connectivity index (χ1n) is 11.2. The zero-order chi connectivity index (χ0) is 24.9. The number of nitrogens with one attached hydrogen (secondary N) is 2. The number of fused-ring (bicyclic) bond motifs is 1. The van der Waals surface area contributed by atoms with Crippen LogP contribution in [0.25, 0.3) is 0 Å². The largest absolute Gasteiger partial charge is 0.504 e. The van der Waals surface area contributed by atoms with Crippen molar-refractivity contribution in [3.8, 4) is 11.5 Å². The highest BCUT2D eigenvalue weighted by Gasteiger charge is 2.42. The Morgan fingerprint density at radius 3 is 2.69 bits per heavy atom. The number of ether oxygens (including phenoxy) is 1. The predicted molar refractivity (Wildman–Crippen MR) is 133 cm³/mol. The van der Waals surface area contributed by atoms with E-state index in [9.17, 15) is 14.7 Å². The number of benzene rings is 2. The van der Waals surface area contributed by atoms with Crippen LogP contribution in [0.1, 0.15) is 48.7 Å². The molecule has 0 saturated carbocycles. The van der Waals surface area contributed by atoms with Gasteiger partial charge in [-0.3, -0.25) is 9.59 Å². The smallest absolute Gasteiger partial charge is 0.261 e. The van der Waals surface area contributed by atoms with Crippen LogP contribution in [0.5, 0.6) is 11.5 Å². The number of phenols is 1. The van der Waals surface area contributed by atoms with Gasteiger partial charge in [-0.05, 0) is 53.8 Å². The van der Waals surface area contributed by atoms with Crippen LogP contribution in [0, 0.1) is 5.41 Å². The van der Waals surface area contributed by atoms with Gasteiger partial charge in [0.15, 0.2) is 17.3 Å². The quantitative estimate of drug-likeness (QED) is 0.464. The number of phenolic OH excluding ortho intramolecular Hbond substituents is 1. The molecule has 3 aromatic rings. The molecule has 1 aliphatic heterocycles. The molecule has 2 aliphatic rings. The molecule has 1 amide bonds. The number of halogens is 1. The molecule has 0 saturated heterocycles. The van der Waals surface area contributed by atoms with Crippen LogP contribution in [-0.4, -0.2) is 33.7 Å². The minimum atomic E-state index is -0.573. The fraction of sp³-hybridized carbons (Fsp3) is 0.269. The molecule has 180 valence electrons. The van der Waals surface area contributed by atoms with Crippen LogP contribution in [0.2, 0.25) is 5.02 Å². The minimum absolute atomic E-state index is 0.000730. The molecule has 1 unspecified atom stereocenters. The summed E-state index contributed by atoms with van der Waals surface area (Å²) in [6.07, 6.45) is 2.54. The Morgan fingerprint density at radius 1 is 1.23 bits per heavy atom. The Morgan fingerprint density at radius 2 is 1.97 bits per heavy atom. The van der Waals surface area contributed by atoms with Crippen molar-refractivity contribution in [3.05, 3.63) is 76.1 Å². The number of nitrogens with zero attached hydrogens (tertiary/aromatic N) is 2. The van der Waals surface area contributed by atoms with E-state index in [-0.39, 0.29) is 22.9 Å². The summed E-state index contributed by atoms with van der Waals surface area (Å²) in [7, 11) is 1.47. The molecule has 35 heavy (non-hydrogen) atoms. The summed E-state index contributed by atoms with van der Waals surface area (Å²) in [6, 6.07) is 11.2. The van der Waals surface area contributed by atoms with E-state index in [4.69, 9.17) is 16.3 Å². The highest BCUT2D eigenvalue weighted by molar-refractivity contribution is 6.30. The third kappa shape index (κ3) is 4.14. The number of hydrogen-bond donors (Lipinski definition) is 3. The van der Waals surface area contributed by atoms with Crippen LogP contribution in [0.3, 0.4) is 0 Å². The first-order valence-corrected chi connectivity index (χ1v) is 11.6. The summed E-state index contributed by atoms with van der Waals surface area (Å²) >= 11 is 5.95. The molecule has 3 N–H and O–H groups in total. The molecule has 8 nitrogen and oxygen atoms in total. The number of amides is 1. The monoisotopic (exact) mass is 492 g/mol. The Bertz CT molecular complexity index is 1370. The van der Waals surface area contributed by atoms with Gasteiger partial charge in [0.1, 0.15) is 17.4 Å². The molecule has 1 aromatic heterocycles. The number of rotatable bonds is 4. The highest BCUT2D eigenvalue weighted by Crippen LogP contribution is 2.47. The summed E-state index contributed by atoms with van der Waals surface area (Å²) < 4.78 is 6.96. The lowest BCUT2D eigenvalue weighted by atomic mass is 9.73. The molecule has 2 heterocycles. The third-order valence-corrected chi connectivity index (χ3v) is 6.62. The van der Waals surface area contributed by atoms with Crippen molar-refractivity contribution in [2.24, 2.45) is 5.41 Å². The van der Waals surface area contributed by atoms with E-state index in [1.807, 2.05) is 0 Å². The van der Waals surface area contributed by atoms with Gasteiger partial charge in [-0.25, -0.2) is 4.68 Å². The number of anilines is 2.